The monoisotopic (exact) mass is 380 g/mol. The first-order valence-corrected chi connectivity index (χ1v) is 8.15. The Morgan fingerprint density at radius 2 is 2.04 bits per heavy atom. The van der Waals surface area contributed by atoms with Gasteiger partial charge in [-0.2, -0.15) is 5.26 Å². The van der Waals surface area contributed by atoms with Crippen LogP contribution in [0, 0.1) is 17.1 Å². The molecule has 7 heteroatoms. The molecule has 142 valence electrons. The number of nitrogens with one attached hydrogen (secondary N) is 1. The van der Waals surface area contributed by atoms with Crippen LogP contribution in [0.2, 0.25) is 0 Å². The lowest BCUT2D eigenvalue weighted by Crippen LogP contribution is -2.24. The Balaban J connectivity index is 2.25. The molecule has 1 amide bonds. The molecule has 0 aliphatic carbocycles. The standard InChI is InChI=1S/C21H17FN2O4/c1-3-9-24-20(25)16(13-23)10-14-7-8-18(19(11-14)27-2)28-21(26)15-5-4-6-17(22)12-15/h3-8,10-12H,1,9H2,2H3,(H,24,25). The summed E-state index contributed by atoms with van der Waals surface area (Å²) in [6.45, 7) is 3.72. The van der Waals surface area contributed by atoms with Gasteiger partial charge >= 0.3 is 5.97 Å². The Kier molecular flexibility index (Phi) is 7.06. The normalized spacial score (nSPS) is 10.5. The Bertz CT molecular complexity index is 977. The van der Waals surface area contributed by atoms with Gasteiger partial charge in [-0.15, -0.1) is 6.58 Å². The number of carbonyl (C=O) groups is 2. The first-order valence-electron chi connectivity index (χ1n) is 8.15. The zero-order valence-corrected chi connectivity index (χ0v) is 15.1. The van der Waals surface area contributed by atoms with E-state index in [4.69, 9.17) is 14.7 Å². The van der Waals surface area contributed by atoms with E-state index < -0.39 is 17.7 Å². The third kappa shape index (κ3) is 5.29. The number of carbonyl (C=O) groups excluding carboxylic acids is 2. The molecule has 2 aromatic carbocycles. The first-order chi connectivity index (χ1) is 13.5. The zero-order chi connectivity index (χ0) is 20.5. The van der Waals surface area contributed by atoms with Gasteiger partial charge in [-0.1, -0.05) is 18.2 Å². The minimum absolute atomic E-state index is 0.0525. The third-order valence-electron chi connectivity index (χ3n) is 3.53. The van der Waals surface area contributed by atoms with Gasteiger partial charge in [-0.05, 0) is 42.0 Å². The Labute approximate surface area is 161 Å². The smallest absolute Gasteiger partial charge is 0.343 e. The maximum Gasteiger partial charge on any atom is 0.343 e. The van der Waals surface area contributed by atoms with E-state index in [0.29, 0.717) is 5.56 Å². The van der Waals surface area contributed by atoms with E-state index in [1.165, 1.54) is 49.6 Å². The summed E-state index contributed by atoms with van der Waals surface area (Å²) >= 11 is 0. The van der Waals surface area contributed by atoms with Gasteiger partial charge in [-0.25, -0.2) is 9.18 Å². The third-order valence-corrected chi connectivity index (χ3v) is 3.53. The number of nitriles is 1. The fraction of sp³-hybridized carbons (Fsp3) is 0.0952. The molecule has 1 N–H and O–H groups in total. The lowest BCUT2D eigenvalue weighted by Gasteiger charge is -2.10. The summed E-state index contributed by atoms with van der Waals surface area (Å²) in [5.41, 5.74) is 0.442. The maximum absolute atomic E-state index is 13.3. The number of rotatable bonds is 7. The lowest BCUT2D eigenvalue weighted by molar-refractivity contribution is -0.116. The number of halogens is 1. The summed E-state index contributed by atoms with van der Waals surface area (Å²) in [5.74, 6) is -1.52. The van der Waals surface area contributed by atoms with Crippen molar-refractivity contribution < 1.29 is 23.5 Å². The van der Waals surface area contributed by atoms with Crippen molar-refractivity contribution in [1.82, 2.24) is 5.32 Å². The first kappa shape index (κ1) is 20.4. The topological polar surface area (TPSA) is 88.4 Å². The zero-order valence-electron chi connectivity index (χ0n) is 15.1. The van der Waals surface area contributed by atoms with Gasteiger partial charge in [0, 0.05) is 6.54 Å². The molecule has 0 aromatic heterocycles. The highest BCUT2D eigenvalue weighted by molar-refractivity contribution is 6.01. The molecule has 28 heavy (non-hydrogen) atoms. The largest absolute Gasteiger partial charge is 0.493 e. The summed E-state index contributed by atoms with van der Waals surface area (Å²) in [5, 5.41) is 11.7. The van der Waals surface area contributed by atoms with Gasteiger partial charge in [-0.3, -0.25) is 4.79 Å². The van der Waals surface area contributed by atoms with E-state index in [0.717, 1.165) is 6.07 Å². The average Bonchev–Trinajstić information content (AvgIpc) is 2.70. The summed E-state index contributed by atoms with van der Waals surface area (Å²) in [7, 11) is 1.38. The summed E-state index contributed by atoms with van der Waals surface area (Å²) in [6, 6.07) is 11.4. The van der Waals surface area contributed by atoms with Crippen molar-refractivity contribution in [2.45, 2.75) is 0 Å². The fourth-order valence-corrected chi connectivity index (χ4v) is 2.21. The number of hydrogen-bond acceptors (Lipinski definition) is 5. The minimum Gasteiger partial charge on any atom is -0.493 e. The molecule has 0 saturated carbocycles. The Hall–Kier alpha value is -3.92. The van der Waals surface area contributed by atoms with Crippen molar-refractivity contribution in [2.75, 3.05) is 13.7 Å². The average molecular weight is 380 g/mol. The molecule has 0 fully saturated rings. The van der Waals surface area contributed by atoms with Crippen LogP contribution in [0.4, 0.5) is 4.39 Å². The van der Waals surface area contributed by atoms with Crippen LogP contribution in [0.25, 0.3) is 6.08 Å². The number of amides is 1. The van der Waals surface area contributed by atoms with E-state index >= 15 is 0 Å². The highest BCUT2D eigenvalue weighted by Crippen LogP contribution is 2.29. The van der Waals surface area contributed by atoms with Crippen LogP contribution < -0.4 is 14.8 Å². The van der Waals surface area contributed by atoms with Crippen LogP contribution in [0.15, 0.2) is 60.7 Å². The van der Waals surface area contributed by atoms with E-state index in [1.807, 2.05) is 6.07 Å². The van der Waals surface area contributed by atoms with Crippen molar-refractivity contribution in [2.24, 2.45) is 0 Å². The van der Waals surface area contributed by atoms with Gasteiger partial charge in [0.05, 0.1) is 12.7 Å². The van der Waals surface area contributed by atoms with Gasteiger partial charge in [0.1, 0.15) is 17.5 Å². The molecular formula is C21H17FN2O4. The molecule has 0 aliphatic rings. The molecule has 0 radical (unpaired) electrons. The molecule has 6 nitrogen and oxygen atoms in total. The molecule has 0 heterocycles. The van der Waals surface area contributed by atoms with Crippen molar-refractivity contribution in [3.05, 3.63) is 77.6 Å². The predicted octanol–water partition coefficient (Wildman–Crippen LogP) is 3.26. The van der Waals surface area contributed by atoms with Crippen LogP contribution in [0.1, 0.15) is 15.9 Å². The highest BCUT2D eigenvalue weighted by atomic mass is 19.1. The SMILES string of the molecule is C=CCNC(=O)C(C#N)=Cc1ccc(OC(=O)c2cccc(F)c2)c(OC)c1. The fourth-order valence-electron chi connectivity index (χ4n) is 2.21. The minimum atomic E-state index is -0.748. The van der Waals surface area contributed by atoms with Gasteiger partial charge < -0.3 is 14.8 Å². The molecule has 0 saturated heterocycles. The number of ether oxygens (including phenoxy) is 2. The molecule has 0 aliphatic heterocycles. The number of hydrogen-bond donors (Lipinski definition) is 1. The second-order valence-electron chi connectivity index (χ2n) is 5.48. The van der Waals surface area contributed by atoms with Gasteiger partial charge in [0.2, 0.25) is 0 Å². The van der Waals surface area contributed by atoms with Crippen molar-refractivity contribution in [3.63, 3.8) is 0 Å². The second kappa shape index (κ2) is 9.69. The van der Waals surface area contributed by atoms with Crippen LogP contribution >= 0.6 is 0 Å². The highest BCUT2D eigenvalue weighted by Gasteiger charge is 2.14. The van der Waals surface area contributed by atoms with E-state index in [9.17, 15) is 14.0 Å². The number of methoxy groups -OCH3 is 1. The Morgan fingerprint density at radius 1 is 1.25 bits per heavy atom. The lowest BCUT2D eigenvalue weighted by atomic mass is 10.1. The number of esters is 1. The molecule has 0 atom stereocenters. The Morgan fingerprint density at radius 3 is 2.68 bits per heavy atom. The van der Waals surface area contributed by atoms with Gasteiger partial charge in [0.15, 0.2) is 11.5 Å². The number of benzene rings is 2. The van der Waals surface area contributed by atoms with Crippen molar-refractivity contribution in [3.8, 4) is 17.6 Å². The second-order valence-corrected chi connectivity index (χ2v) is 5.48. The van der Waals surface area contributed by atoms with Crippen LogP contribution in [0.3, 0.4) is 0 Å². The van der Waals surface area contributed by atoms with E-state index in [2.05, 4.69) is 11.9 Å². The van der Waals surface area contributed by atoms with Gasteiger partial charge in [0.25, 0.3) is 5.91 Å². The summed E-state index contributed by atoms with van der Waals surface area (Å²) < 4.78 is 23.7. The molecule has 0 unspecified atom stereocenters. The van der Waals surface area contributed by atoms with E-state index in [-0.39, 0.29) is 29.2 Å². The summed E-state index contributed by atoms with van der Waals surface area (Å²) in [4.78, 5) is 24.1. The predicted molar refractivity (Wildman–Crippen MR) is 101 cm³/mol. The summed E-state index contributed by atoms with van der Waals surface area (Å²) in [6.07, 6.45) is 2.87. The molecule has 0 bridgehead atoms. The molecular weight excluding hydrogens is 363 g/mol. The van der Waals surface area contributed by atoms with Crippen LogP contribution in [-0.2, 0) is 4.79 Å². The van der Waals surface area contributed by atoms with Crippen molar-refractivity contribution in [1.29, 1.82) is 5.26 Å². The van der Waals surface area contributed by atoms with Crippen LogP contribution in [0.5, 0.6) is 11.5 Å². The molecule has 2 aromatic rings. The van der Waals surface area contributed by atoms with E-state index in [1.54, 1.807) is 6.07 Å². The molecule has 2 rings (SSSR count). The maximum atomic E-state index is 13.3. The number of nitrogens with zero attached hydrogens (tertiary/aromatic N) is 1. The van der Waals surface area contributed by atoms with Crippen LogP contribution in [-0.4, -0.2) is 25.5 Å². The van der Waals surface area contributed by atoms with Crippen molar-refractivity contribution >= 4 is 18.0 Å². The quantitative estimate of drug-likeness (QED) is 0.262. The molecule has 0 spiro atoms.